The van der Waals surface area contributed by atoms with E-state index < -0.39 is 28.4 Å². The van der Waals surface area contributed by atoms with Crippen LogP contribution < -0.4 is 0 Å². The highest BCUT2D eigenvalue weighted by Crippen LogP contribution is 2.18. The van der Waals surface area contributed by atoms with Crippen molar-refractivity contribution in [2.45, 2.75) is 10.6 Å². The molecule has 3 nitrogen and oxygen atoms in total. The van der Waals surface area contributed by atoms with Gasteiger partial charge in [0.05, 0.1) is 29.2 Å². The molecule has 2 rings (SSSR count). The van der Waals surface area contributed by atoms with Gasteiger partial charge in [0.15, 0.2) is 11.6 Å². The zero-order valence-corrected chi connectivity index (χ0v) is 12.0. The molecule has 1 unspecified atom stereocenters. The minimum atomic E-state index is -1.60. The molecule has 0 aliphatic carbocycles. The second-order valence-corrected chi connectivity index (χ2v) is 5.67. The van der Waals surface area contributed by atoms with Crippen LogP contribution in [0, 0.1) is 11.6 Å². The first-order valence-corrected chi connectivity index (χ1v) is 7.34. The van der Waals surface area contributed by atoms with Crippen molar-refractivity contribution in [3.63, 3.8) is 0 Å². The predicted octanol–water partition coefficient (Wildman–Crippen LogP) is 3.06. The van der Waals surface area contributed by atoms with Crippen molar-refractivity contribution in [1.29, 1.82) is 0 Å². The summed E-state index contributed by atoms with van der Waals surface area (Å²) < 4.78 is 42.9. The Hall–Kier alpha value is -2.08. The summed E-state index contributed by atoms with van der Waals surface area (Å²) in [6.45, 7) is 0. The summed E-state index contributed by atoms with van der Waals surface area (Å²) >= 11 is 0. The van der Waals surface area contributed by atoms with Crippen molar-refractivity contribution < 1.29 is 22.5 Å². The highest BCUT2D eigenvalue weighted by atomic mass is 32.2. The van der Waals surface area contributed by atoms with Crippen LogP contribution in [-0.4, -0.2) is 17.3 Å². The third kappa shape index (κ3) is 3.52. The summed E-state index contributed by atoms with van der Waals surface area (Å²) in [6.07, 6.45) is 0. The fourth-order valence-electron chi connectivity index (χ4n) is 1.80. The molecule has 0 aliphatic heterocycles. The molecule has 0 fully saturated rings. The van der Waals surface area contributed by atoms with E-state index in [4.69, 9.17) is 0 Å². The van der Waals surface area contributed by atoms with E-state index in [-0.39, 0.29) is 10.6 Å². The van der Waals surface area contributed by atoms with Crippen LogP contribution in [0.2, 0.25) is 0 Å². The molecule has 0 aliphatic rings. The van der Waals surface area contributed by atoms with Crippen LogP contribution in [0.5, 0.6) is 0 Å². The molecule has 0 saturated carbocycles. The Bertz CT molecular complexity index is 701. The zero-order chi connectivity index (χ0) is 15.4. The molecule has 2 aromatic carbocycles. The number of ether oxygens (including phenoxy) is 1. The largest absolute Gasteiger partial charge is 0.465 e. The molecule has 0 amide bonds. The number of hydrogen-bond donors (Lipinski definition) is 0. The Morgan fingerprint density at radius 1 is 1.14 bits per heavy atom. The molecular formula is C15H12F2O3S. The van der Waals surface area contributed by atoms with Crippen LogP contribution in [-0.2, 0) is 21.3 Å². The van der Waals surface area contributed by atoms with E-state index in [1.54, 1.807) is 24.3 Å². The smallest absolute Gasteiger partial charge is 0.338 e. The highest BCUT2D eigenvalue weighted by molar-refractivity contribution is 7.84. The van der Waals surface area contributed by atoms with E-state index in [1.807, 2.05) is 0 Å². The van der Waals surface area contributed by atoms with Crippen LogP contribution in [0.3, 0.4) is 0 Å². The number of methoxy groups -OCH3 is 1. The van der Waals surface area contributed by atoms with E-state index in [1.165, 1.54) is 13.2 Å². The third-order valence-electron chi connectivity index (χ3n) is 2.86. The first-order valence-electron chi connectivity index (χ1n) is 6.02. The SMILES string of the molecule is COC(=O)c1ccccc1CS(=O)c1ccc(F)c(F)c1. The molecule has 0 bridgehead atoms. The monoisotopic (exact) mass is 310 g/mol. The molecule has 110 valence electrons. The second-order valence-electron chi connectivity index (χ2n) is 4.21. The maximum atomic E-state index is 13.2. The van der Waals surface area contributed by atoms with Crippen LogP contribution in [0.1, 0.15) is 15.9 Å². The van der Waals surface area contributed by atoms with E-state index in [9.17, 15) is 17.8 Å². The van der Waals surface area contributed by atoms with Crippen LogP contribution in [0.15, 0.2) is 47.4 Å². The summed E-state index contributed by atoms with van der Waals surface area (Å²) in [6, 6.07) is 9.64. The molecule has 0 saturated heterocycles. The molecule has 21 heavy (non-hydrogen) atoms. The lowest BCUT2D eigenvalue weighted by atomic mass is 10.1. The topological polar surface area (TPSA) is 43.4 Å². The average Bonchev–Trinajstić information content (AvgIpc) is 2.49. The first kappa shape index (κ1) is 15.3. The summed E-state index contributed by atoms with van der Waals surface area (Å²) in [5.41, 5.74) is 0.823. The number of halogens is 2. The number of esters is 1. The fraction of sp³-hybridized carbons (Fsp3) is 0.133. The van der Waals surface area contributed by atoms with E-state index in [0.717, 1.165) is 12.1 Å². The lowest BCUT2D eigenvalue weighted by molar-refractivity contribution is 0.0600. The van der Waals surface area contributed by atoms with Crippen LogP contribution in [0.25, 0.3) is 0 Å². The van der Waals surface area contributed by atoms with Crippen molar-refractivity contribution in [3.05, 3.63) is 65.2 Å². The molecular weight excluding hydrogens is 298 g/mol. The highest BCUT2D eigenvalue weighted by Gasteiger charge is 2.15. The van der Waals surface area contributed by atoms with Gasteiger partial charge >= 0.3 is 5.97 Å². The lowest BCUT2D eigenvalue weighted by Gasteiger charge is -2.08. The molecule has 1 atom stereocenters. The minimum absolute atomic E-state index is 0.0103. The minimum Gasteiger partial charge on any atom is -0.465 e. The summed E-state index contributed by atoms with van der Waals surface area (Å²) in [5, 5.41) is 0. The number of carbonyl (C=O) groups excluding carboxylic acids is 1. The van der Waals surface area contributed by atoms with Crippen molar-refractivity contribution in [3.8, 4) is 0 Å². The van der Waals surface area contributed by atoms with Gasteiger partial charge in [-0.15, -0.1) is 0 Å². The van der Waals surface area contributed by atoms with Crippen LogP contribution in [0.4, 0.5) is 8.78 Å². The van der Waals surface area contributed by atoms with Crippen molar-refractivity contribution in [1.82, 2.24) is 0 Å². The summed E-state index contributed by atoms with van der Waals surface area (Å²) in [7, 11) is -0.341. The molecule has 0 N–H and O–H groups in total. The van der Waals surface area contributed by atoms with Crippen molar-refractivity contribution >= 4 is 16.8 Å². The fourth-order valence-corrected chi connectivity index (χ4v) is 2.95. The number of rotatable bonds is 4. The molecule has 0 radical (unpaired) electrons. The zero-order valence-electron chi connectivity index (χ0n) is 11.1. The Balaban J connectivity index is 2.27. The van der Waals surface area contributed by atoms with Gasteiger partial charge in [-0.05, 0) is 29.8 Å². The van der Waals surface area contributed by atoms with Crippen molar-refractivity contribution in [2.75, 3.05) is 7.11 Å². The van der Waals surface area contributed by atoms with Crippen molar-refractivity contribution in [2.24, 2.45) is 0 Å². The maximum absolute atomic E-state index is 13.2. The molecule has 0 spiro atoms. The van der Waals surface area contributed by atoms with E-state index >= 15 is 0 Å². The van der Waals surface area contributed by atoms with Gasteiger partial charge in [0.2, 0.25) is 0 Å². The summed E-state index contributed by atoms with van der Waals surface area (Å²) in [5.74, 6) is -2.57. The van der Waals surface area contributed by atoms with Gasteiger partial charge in [-0.2, -0.15) is 0 Å². The second kappa shape index (κ2) is 6.58. The van der Waals surface area contributed by atoms with Gasteiger partial charge in [-0.25, -0.2) is 13.6 Å². The maximum Gasteiger partial charge on any atom is 0.338 e. The number of hydrogen-bond acceptors (Lipinski definition) is 3. The Morgan fingerprint density at radius 2 is 1.86 bits per heavy atom. The quantitative estimate of drug-likeness (QED) is 0.815. The van der Waals surface area contributed by atoms with Gasteiger partial charge in [0.25, 0.3) is 0 Å². The van der Waals surface area contributed by atoms with Gasteiger partial charge < -0.3 is 4.74 Å². The Morgan fingerprint density at radius 3 is 2.52 bits per heavy atom. The Labute approximate surface area is 123 Å². The molecule has 0 aromatic heterocycles. The van der Waals surface area contributed by atoms with Crippen LogP contribution >= 0.6 is 0 Å². The first-order chi connectivity index (χ1) is 10.0. The normalized spacial score (nSPS) is 12.0. The molecule has 2 aromatic rings. The Kier molecular flexibility index (Phi) is 4.80. The average molecular weight is 310 g/mol. The number of benzene rings is 2. The van der Waals surface area contributed by atoms with Gasteiger partial charge in [-0.3, -0.25) is 4.21 Å². The van der Waals surface area contributed by atoms with Gasteiger partial charge in [0, 0.05) is 4.90 Å². The predicted molar refractivity (Wildman–Crippen MR) is 74.3 cm³/mol. The third-order valence-corrected chi connectivity index (χ3v) is 4.22. The number of carbonyl (C=O) groups is 1. The lowest BCUT2D eigenvalue weighted by Crippen LogP contribution is -2.07. The van der Waals surface area contributed by atoms with E-state index in [0.29, 0.717) is 11.1 Å². The molecule has 6 heteroatoms. The standard InChI is InChI=1S/C15H12F2O3S/c1-20-15(18)12-5-3-2-4-10(12)9-21(19)11-6-7-13(16)14(17)8-11/h2-8H,9H2,1H3. The van der Waals surface area contributed by atoms with Gasteiger partial charge in [0.1, 0.15) is 0 Å². The molecule has 0 heterocycles. The summed E-state index contributed by atoms with van der Waals surface area (Å²) in [4.78, 5) is 11.8. The van der Waals surface area contributed by atoms with E-state index in [2.05, 4.69) is 4.74 Å². The van der Waals surface area contributed by atoms with Gasteiger partial charge in [-0.1, -0.05) is 18.2 Å².